The van der Waals surface area contributed by atoms with Crippen LogP contribution in [0, 0.1) is 5.92 Å². The Hall–Kier alpha value is -0.370. The first-order valence-corrected chi connectivity index (χ1v) is 6.29. The summed E-state index contributed by atoms with van der Waals surface area (Å²) in [6.07, 6.45) is 7.28. The van der Waals surface area contributed by atoms with Crippen LogP contribution in [0.2, 0.25) is 0 Å². The van der Waals surface area contributed by atoms with Gasteiger partial charge in [-0.15, -0.1) is 0 Å². The van der Waals surface area contributed by atoms with Gasteiger partial charge in [-0.05, 0) is 25.7 Å². The molecule has 0 saturated heterocycles. The summed E-state index contributed by atoms with van der Waals surface area (Å²) in [7, 11) is 1.70. The van der Waals surface area contributed by atoms with E-state index in [2.05, 4.69) is 13.8 Å². The molecule has 1 rings (SSSR count). The molecule has 88 valence electrons. The summed E-state index contributed by atoms with van der Waals surface area (Å²) < 4.78 is 5.58. The molecule has 0 atom stereocenters. The molecule has 1 saturated carbocycles. The number of ether oxygens (including phenoxy) is 1. The van der Waals surface area contributed by atoms with Crippen LogP contribution in [-0.2, 0) is 9.53 Å². The summed E-state index contributed by atoms with van der Waals surface area (Å²) >= 11 is 0. The largest absolute Gasteiger partial charge is 0.370 e. The fraction of sp³-hybridized carbons (Fsp3) is 0.923. The molecule has 0 amide bonds. The van der Waals surface area contributed by atoms with E-state index in [1.807, 2.05) is 0 Å². The molecule has 0 aromatic heterocycles. The topological polar surface area (TPSA) is 26.3 Å². The first-order valence-electron chi connectivity index (χ1n) is 6.29. The molecule has 0 radical (unpaired) electrons. The molecule has 2 nitrogen and oxygen atoms in total. The fourth-order valence-electron chi connectivity index (χ4n) is 2.71. The van der Waals surface area contributed by atoms with Gasteiger partial charge in [0, 0.05) is 13.0 Å². The van der Waals surface area contributed by atoms with Gasteiger partial charge in [-0.25, -0.2) is 0 Å². The monoisotopic (exact) mass is 212 g/mol. The van der Waals surface area contributed by atoms with Crippen LogP contribution in [0.15, 0.2) is 0 Å². The fourth-order valence-corrected chi connectivity index (χ4v) is 2.71. The van der Waals surface area contributed by atoms with Crippen molar-refractivity contribution in [1.29, 1.82) is 0 Å². The number of hydrogen-bond donors (Lipinski definition) is 0. The highest BCUT2D eigenvalue weighted by Crippen LogP contribution is 2.35. The van der Waals surface area contributed by atoms with E-state index in [0.717, 1.165) is 38.5 Å². The van der Waals surface area contributed by atoms with Crippen molar-refractivity contribution in [2.24, 2.45) is 5.92 Å². The first-order chi connectivity index (χ1) is 7.20. The molecule has 0 unspecified atom stereocenters. The zero-order chi connectivity index (χ0) is 11.3. The molecule has 0 bridgehead atoms. The van der Waals surface area contributed by atoms with Gasteiger partial charge in [0.2, 0.25) is 0 Å². The van der Waals surface area contributed by atoms with Gasteiger partial charge in [-0.3, -0.25) is 4.79 Å². The van der Waals surface area contributed by atoms with Crippen molar-refractivity contribution in [2.75, 3.05) is 7.11 Å². The van der Waals surface area contributed by atoms with Gasteiger partial charge in [0.25, 0.3) is 0 Å². The van der Waals surface area contributed by atoms with Crippen molar-refractivity contribution in [3.05, 3.63) is 0 Å². The second-order valence-electron chi connectivity index (χ2n) is 4.64. The zero-order valence-corrected chi connectivity index (χ0v) is 10.3. The van der Waals surface area contributed by atoms with Crippen LogP contribution in [0.4, 0.5) is 0 Å². The number of rotatable bonds is 5. The SMILES string of the molecule is CCC(CC)C(=O)C1(OC)CCCCC1. The number of hydrogen-bond acceptors (Lipinski definition) is 2. The van der Waals surface area contributed by atoms with E-state index >= 15 is 0 Å². The quantitative estimate of drug-likeness (QED) is 0.698. The lowest BCUT2D eigenvalue weighted by atomic mass is 9.76. The second-order valence-corrected chi connectivity index (χ2v) is 4.64. The third-order valence-electron chi connectivity index (χ3n) is 3.86. The number of carbonyl (C=O) groups excluding carboxylic acids is 1. The Morgan fingerprint density at radius 1 is 1.20 bits per heavy atom. The van der Waals surface area contributed by atoms with Gasteiger partial charge in [0.1, 0.15) is 5.60 Å². The molecule has 15 heavy (non-hydrogen) atoms. The van der Waals surface area contributed by atoms with Crippen LogP contribution >= 0.6 is 0 Å². The summed E-state index contributed by atoms with van der Waals surface area (Å²) in [6, 6.07) is 0. The number of carbonyl (C=O) groups is 1. The second kappa shape index (κ2) is 5.64. The standard InChI is InChI=1S/C13H24O2/c1-4-11(5-2)12(14)13(15-3)9-7-6-8-10-13/h11H,4-10H2,1-3H3. The van der Waals surface area contributed by atoms with E-state index in [-0.39, 0.29) is 5.92 Å². The Kier molecular flexibility index (Phi) is 4.78. The molecular formula is C13H24O2. The maximum absolute atomic E-state index is 12.4. The van der Waals surface area contributed by atoms with E-state index in [4.69, 9.17) is 4.74 Å². The molecule has 2 heteroatoms. The lowest BCUT2D eigenvalue weighted by molar-refractivity contribution is -0.149. The highest BCUT2D eigenvalue weighted by molar-refractivity contribution is 5.89. The van der Waals surface area contributed by atoms with Gasteiger partial charge >= 0.3 is 0 Å². The van der Waals surface area contributed by atoms with E-state index in [0.29, 0.717) is 5.78 Å². The lowest BCUT2D eigenvalue weighted by Gasteiger charge is -2.36. The normalized spacial score (nSPS) is 20.5. The van der Waals surface area contributed by atoms with E-state index in [9.17, 15) is 4.79 Å². The van der Waals surface area contributed by atoms with E-state index < -0.39 is 5.60 Å². The van der Waals surface area contributed by atoms with Crippen LogP contribution in [-0.4, -0.2) is 18.5 Å². The van der Waals surface area contributed by atoms with Gasteiger partial charge in [0.05, 0.1) is 0 Å². The molecule has 0 aromatic carbocycles. The van der Waals surface area contributed by atoms with Gasteiger partial charge in [-0.2, -0.15) is 0 Å². The maximum Gasteiger partial charge on any atom is 0.167 e. The zero-order valence-electron chi connectivity index (χ0n) is 10.3. The van der Waals surface area contributed by atoms with E-state index in [1.54, 1.807) is 7.11 Å². The summed E-state index contributed by atoms with van der Waals surface area (Å²) in [5.74, 6) is 0.553. The Morgan fingerprint density at radius 2 is 1.73 bits per heavy atom. The van der Waals surface area contributed by atoms with Crippen molar-refractivity contribution in [1.82, 2.24) is 0 Å². The lowest BCUT2D eigenvalue weighted by Crippen LogP contribution is -2.45. The minimum atomic E-state index is -0.436. The van der Waals surface area contributed by atoms with Crippen LogP contribution in [0.3, 0.4) is 0 Å². The molecule has 0 aromatic rings. The van der Waals surface area contributed by atoms with Crippen LogP contribution in [0.1, 0.15) is 58.8 Å². The highest BCUT2D eigenvalue weighted by atomic mass is 16.5. The van der Waals surface area contributed by atoms with Crippen LogP contribution in [0.5, 0.6) is 0 Å². The third kappa shape index (κ3) is 2.60. The van der Waals surface area contributed by atoms with Crippen LogP contribution in [0.25, 0.3) is 0 Å². The van der Waals surface area contributed by atoms with Crippen molar-refractivity contribution in [2.45, 2.75) is 64.4 Å². The molecule has 0 aliphatic heterocycles. The van der Waals surface area contributed by atoms with Gasteiger partial charge in [-0.1, -0.05) is 33.1 Å². The Labute approximate surface area is 93.4 Å². The number of ketones is 1. The smallest absolute Gasteiger partial charge is 0.167 e. The van der Waals surface area contributed by atoms with Crippen molar-refractivity contribution >= 4 is 5.78 Å². The van der Waals surface area contributed by atoms with Crippen molar-refractivity contribution in [3.8, 4) is 0 Å². The molecular weight excluding hydrogens is 188 g/mol. The minimum Gasteiger partial charge on any atom is -0.370 e. The highest BCUT2D eigenvalue weighted by Gasteiger charge is 2.41. The molecule has 1 aliphatic carbocycles. The molecule has 1 aliphatic rings. The van der Waals surface area contributed by atoms with Gasteiger partial charge in [0.15, 0.2) is 5.78 Å². The first kappa shape index (κ1) is 12.7. The third-order valence-corrected chi connectivity index (χ3v) is 3.86. The molecule has 0 heterocycles. The van der Waals surface area contributed by atoms with Crippen LogP contribution < -0.4 is 0 Å². The maximum atomic E-state index is 12.4. The minimum absolute atomic E-state index is 0.197. The van der Waals surface area contributed by atoms with Crippen molar-refractivity contribution < 1.29 is 9.53 Å². The predicted octanol–water partition coefficient (Wildman–Crippen LogP) is 3.34. The summed E-state index contributed by atoms with van der Waals surface area (Å²) in [5.41, 5.74) is -0.436. The Morgan fingerprint density at radius 3 is 2.13 bits per heavy atom. The van der Waals surface area contributed by atoms with Crippen molar-refractivity contribution in [3.63, 3.8) is 0 Å². The Balaban J connectivity index is 2.75. The molecule has 0 N–H and O–H groups in total. The molecule has 0 spiro atoms. The Bertz CT molecular complexity index is 201. The summed E-state index contributed by atoms with van der Waals surface area (Å²) in [6.45, 7) is 4.19. The average Bonchev–Trinajstić information content (AvgIpc) is 2.31. The van der Waals surface area contributed by atoms with E-state index in [1.165, 1.54) is 6.42 Å². The predicted molar refractivity (Wildman–Crippen MR) is 61.9 cm³/mol. The van der Waals surface area contributed by atoms with Gasteiger partial charge < -0.3 is 4.74 Å². The average molecular weight is 212 g/mol. The molecule has 1 fully saturated rings. The summed E-state index contributed by atoms with van der Waals surface area (Å²) in [4.78, 5) is 12.4. The number of methoxy groups -OCH3 is 1. The summed E-state index contributed by atoms with van der Waals surface area (Å²) in [5, 5.41) is 0. The number of Topliss-reactive ketones (excluding diaryl/α,β-unsaturated/α-hetero) is 1.